The number of nitrogens with two attached hydrogens (primary N) is 1. The van der Waals surface area contributed by atoms with E-state index < -0.39 is 9.85 Å². The molecule has 3 aromatic rings. The van der Waals surface area contributed by atoms with E-state index in [1.807, 2.05) is 53.5 Å². The largest absolute Gasteiger partial charge is 0.390 e. The van der Waals surface area contributed by atoms with Crippen LogP contribution in [0.25, 0.3) is 0 Å². The van der Waals surface area contributed by atoms with Crippen molar-refractivity contribution in [2.75, 3.05) is 105 Å². The number of nitrogens with one attached hydrogen (secondary N) is 1. The number of anilines is 1. The number of ketones is 1. The molecule has 59 heavy (non-hydrogen) atoms. The summed E-state index contributed by atoms with van der Waals surface area (Å²) in [6.07, 6.45) is 0. The molecular formula is C37H63N15O7. The Morgan fingerprint density at radius 1 is 0.593 bits per heavy atom. The summed E-state index contributed by atoms with van der Waals surface area (Å²) in [6, 6.07) is 4.09. The third-order valence-corrected chi connectivity index (χ3v) is 9.76. The second-order valence-electron chi connectivity index (χ2n) is 15.7. The fraction of sp³-hybridized carbons (Fsp3) is 0.676. The van der Waals surface area contributed by atoms with Crippen LogP contribution in [-0.2, 0) is 0 Å². The fourth-order valence-electron chi connectivity index (χ4n) is 6.24. The molecule has 0 spiro atoms. The van der Waals surface area contributed by atoms with Crippen molar-refractivity contribution < 1.29 is 24.2 Å². The smallest absolute Gasteiger partial charge is 0.382 e. The zero-order valence-corrected chi connectivity index (χ0v) is 36.2. The first-order valence-corrected chi connectivity index (χ1v) is 19.9. The molecule has 0 bridgehead atoms. The molecule has 3 aliphatic heterocycles. The highest BCUT2D eigenvalue weighted by atomic mass is 16.6. The molecule has 3 aromatic heterocycles. The summed E-state index contributed by atoms with van der Waals surface area (Å²) in [5, 5.41) is 36.3. The van der Waals surface area contributed by atoms with Gasteiger partial charge in [0, 0.05) is 97.6 Å². The van der Waals surface area contributed by atoms with Crippen LogP contribution in [-0.4, -0.2) is 181 Å². The van der Waals surface area contributed by atoms with Gasteiger partial charge in [0.1, 0.15) is 17.2 Å². The average Bonchev–Trinajstić information content (AvgIpc) is 3.94. The standard InChI is InChI=1S/C12H19N5O3.C12H21N5O.C8H11N3O3.C5H12N2/c1-9(2)16-10(8-11(13-16)17(19)20)12(18)15-6-4-14(3)5-7-15;1-9(2)17-10(8-11(13)14-17)12(18)16-6-4-15(3)5-7-16;1-5(2)10-7(6(3)12)4-8(9-10)11(13)14;1-7-4-2-6-3-5-7/h8-9H,4-7H2,1-3H3;8-9H,4-7H2,1-3H3,(H2,13,14);4-5H,1-3H3;6H,2-5H2,1H3. The molecule has 3 fully saturated rings. The molecule has 0 radical (unpaired) electrons. The number of hydrogen-bond acceptors (Lipinski definition) is 15. The number of hydrogen-bond donors (Lipinski definition) is 2. The summed E-state index contributed by atoms with van der Waals surface area (Å²) < 4.78 is 4.50. The summed E-state index contributed by atoms with van der Waals surface area (Å²) in [4.78, 5) is 66.4. The van der Waals surface area contributed by atoms with Gasteiger partial charge in [0.2, 0.25) is 0 Å². The summed E-state index contributed by atoms with van der Waals surface area (Å²) in [5.41, 5.74) is 6.84. The van der Waals surface area contributed by atoms with E-state index in [1.54, 1.807) is 15.6 Å². The summed E-state index contributed by atoms with van der Waals surface area (Å²) in [6.45, 7) is 23.6. The van der Waals surface area contributed by atoms with Gasteiger partial charge in [0.15, 0.2) is 11.5 Å². The highest BCUT2D eigenvalue weighted by Gasteiger charge is 2.30. The lowest BCUT2D eigenvalue weighted by molar-refractivity contribution is -0.390. The number of nitro groups is 2. The minimum absolute atomic E-state index is 0.0287. The number of likely N-dealkylation sites (N-methyl/N-ethyl adjacent to an activating group) is 3. The SMILES string of the molecule is CC(=O)c1cc([N+](=O)[O-])nn1C(C)C.CC(C)n1nc(N)cc1C(=O)N1CCN(C)CC1.CC(C)n1nc([N+](=O)[O-])cc1C(=O)N1CCN(C)CC1.CN1CCNCC1. The van der Waals surface area contributed by atoms with E-state index in [0.29, 0.717) is 24.6 Å². The van der Waals surface area contributed by atoms with Crippen LogP contribution in [0.15, 0.2) is 18.2 Å². The Labute approximate surface area is 345 Å². The maximum Gasteiger partial charge on any atom is 0.390 e. The normalized spacial score (nSPS) is 16.5. The van der Waals surface area contributed by atoms with Crippen molar-refractivity contribution in [2.45, 2.75) is 66.6 Å². The molecule has 328 valence electrons. The Bertz CT molecular complexity index is 1860. The van der Waals surface area contributed by atoms with Crippen molar-refractivity contribution in [2.24, 2.45) is 0 Å². The molecule has 3 aliphatic rings. The van der Waals surface area contributed by atoms with Crippen LogP contribution in [0.2, 0.25) is 0 Å². The third kappa shape index (κ3) is 13.9. The monoisotopic (exact) mass is 830 g/mol. The lowest BCUT2D eigenvalue weighted by Gasteiger charge is -2.32. The molecule has 0 aliphatic carbocycles. The molecule has 0 unspecified atom stereocenters. The lowest BCUT2D eigenvalue weighted by atomic mass is 10.2. The number of nitrogens with zero attached hydrogens (tertiary/aromatic N) is 13. The van der Waals surface area contributed by atoms with Crippen LogP contribution in [0.4, 0.5) is 17.5 Å². The van der Waals surface area contributed by atoms with Crippen molar-refractivity contribution in [1.29, 1.82) is 0 Å². The van der Waals surface area contributed by atoms with Crippen LogP contribution in [0.1, 0.15) is 98.1 Å². The predicted molar refractivity (Wildman–Crippen MR) is 223 cm³/mol. The van der Waals surface area contributed by atoms with E-state index >= 15 is 0 Å². The predicted octanol–water partition coefficient (Wildman–Crippen LogP) is 2.29. The van der Waals surface area contributed by atoms with E-state index in [2.05, 4.69) is 49.4 Å². The van der Waals surface area contributed by atoms with Crippen molar-refractivity contribution in [1.82, 2.24) is 59.2 Å². The van der Waals surface area contributed by atoms with Gasteiger partial charge >= 0.3 is 11.6 Å². The van der Waals surface area contributed by atoms with Gasteiger partial charge in [-0.3, -0.25) is 19.1 Å². The van der Waals surface area contributed by atoms with E-state index in [-0.39, 0.29) is 58.7 Å². The molecule has 3 N–H and O–H groups in total. The molecule has 22 heteroatoms. The van der Waals surface area contributed by atoms with Gasteiger partial charge in [-0.1, -0.05) is 0 Å². The minimum Gasteiger partial charge on any atom is -0.382 e. The first-order valence-electron chi connectivity index (χ1n) is 19.9. The molecule has 0 aromatic carbocycles. The van der Waals surface area contributed by atoms with Gasteiger partial charge in [-0.25, -0.2) is 0 Å². The van der Waals surface area contributed by atoms with Gasteiger partial charge in [0.05, 0.1) is 34.4 Å². The maximum absolute atomic E-state index is 12.5. The number of piperazine rings is 3. The van der Waals surface area contributed by atoms with Crippen molar-refractivity contribution in [3.63, 3.8) is 0 Å². The van der Waals surface area contributed by atoms with Gasteiger partial charge in [-0.2, -0.15) is 14.5 Å². The Hall–Kier alpha value is -5.32. The summed E-state index contributed by atoms with van der Waals surface area (Å²) >= 11 is 0. The van der Waals surface area contributed by atoms with E-state index in [4.69, 9.17) is 5.73 Å². The summed E-state index contributed by atoms with van der Waals surface area (Å²) in [7, 11) is 6.23. The zero-order chi connectivity index (χ0) is 44.1. The molecule has 0 atom stereocenters. The number of Topliss-reactive ketones (excluding diaryl/α,β-unsaturated/α-hetero) is 1. The Morgan fingerprint density at radius 3 is 1.25 bits per heavy atom. The topological polar surface area (TPSA) is 245 Å². The third-order valence-electron chi connectivity index (χ3n) is 9.76. The van der Waals surface area contributed by atoms with Crippen molar-refractivity contribution >= 4 is 35.1 Å². The second-order valence-corrected chi connectivity index (χ2v) is 15.7. The molecule has 6 rings (SSSR count). The molecule has 3 saturated heterocycles. The minimum atomic E-state index is -0.606. The quantitative estimate of drug-likeness (QED) is 0.188. The maximum atomic E-state index is 12.5. The molecule has 2 amide bonds. The first-order chi connectivity index (χ1) is 27.7. The van der Waals surface area contributed by atoms with Crippen LogP contribution >= 0.6 is 0 Å². The summed E-state index contributed by atoms with van der Waals surface area (Å²) in [5.74, 6) is -0.547. The number of carbonyl (C=O) groups excluding carboxylic acids is 3. The number of aromatic nitrogens is 6. The highest BCUT2D eigenvalue weighted by molar-refractivity contribution is 5.94. The van der Waals surface area contributed by atoms with E-state index in [9.17, 15) is 34.6 Å². The first kappa shape index (κ1) is 48.1. The number of nitrogen functional groups attached to an aromatic ring is 1. The van der Waals surface area contributed by atoms with Crippen LogP contribution in [0.5, 0.6) is 0 Å². The number of rotatable bonds is 8. The molecule has 0 saturated carbocycles. The van der Waals surface area contributed by atoms with Crippen molar-refractivity contribution in [3.05, 3.63) is 55.5 Å². The van der Waals surface area contributed by atoms with Crippen LogP contribution in [0.3, 0.4) is 0 Å². The lowest BCUT2D eigenvalue weighted by Crippen LogP contribution is -2.47. The van der Waals surface area contributed by atoms with Gasteiger partial charge in [-0.05, 0) is 72.5 Å². The average molecular weight is 830 g/mol. The second kappa shape index (κ2) is 22.2. The van der Waals surface area contributed by atoms with Gasteiger partial charge in [-0.15, -0.1) is 0 Å². The fourth-order valence-corrected chi connectivity index (χ4v) is 6.24. The van der Waals surface area contributed by atoms with E-state index in [1.165, 1.54) is 41.5 Å². The van der Waals surface area contributed by atoms with Gasteiger partial charge in [0.25, 0.3) is 11.8 Å². The molecule has 22 nitrogen and oxygen atoms in total. The number of carbonyl (C=O) groups is 3. The number of amides is 2. The van der Waals surface area contributed by atoms with E-state index in [0.717, 1.165) is 52.4 Å². The molecular weight excluding hydrogens is 767 g/mol. The van der Waals surface area contributed by atoms with Crippen molar-refractivity contribution in [3.8, 4) is 0 Å². The van der Waals surface area contributed by atoms with Gasteiger partial charge < -0.3 is 55.8 Å². The van der Waals surface area contributed by atoms with Crippen LogP contribution in [0, 0.1) is 20.2 Å². The molecule has 6 heterocycles. The van der Waals surface area contributed by atoms with Crippen LogP contribution < -0.4 is 11.1 Å². The highest BCUT2D eigenvalue weighted by Crippen LogP contribution is 2.20. The Kier molecular flexibility index (Phi) is 18.0. The zero-order valence-electron chi connectivity index (χ0n) is 36.2. The Morgan fingerprint density at radius 2 is 0.932 bits per heavy atom. The Balaban J connectivity index is 0.000000221.